The Morgan fingerprint density at radius 3 is 2.67 bits per heavy atom. The SMILES string of the molecule is CN(C)CC(C)(CN)Cc1cccnc1. The van der Waals surface area contributed by atoms with Gasteiger partial charge in [0.25, 0.3) is 0 Å². The number of nitrogens with zero attached hydrogens (tertiary/aromatic N) is 2. The Balaban J connectivity index is 2.68. The van der Waals surface area contributed by atoms with Crippen molar-refractivity contribution in [3.8, 4) is 0 Å². The Bertz CT molecular complexity index is 284. The molecule has 0 amide bonds. The first-order valence-electron chi connectivity index (χ1n) is 5.29. The zero-order valence-corrected chi connectivity index (χ0v) is 9.90. The van der Waals surface area contributed by atoms with Gasteiger partial charge in [-0.15, -0.1) is 0 Å². The zero-order chi connectivity index (χ0) is 11.3. The van der Waals surface area contributed by atoms with Crippen LogP contribution in [0.3, 0.4) is 0 Å². The lowest BCUT2D eigenvalue weighted by molar-refractivity contribution is 0.224. The van der Waals surface area contributed by atoms with Gasteiger partial charge in [-0.2, -0.15) is 0 Å². The topological polar surface area (TPSA) is 42.1 Å². The summed E-state index contributed by atoms with van der Waals surface area (Å²) >= 11 is 0. The van der Waals surface area contributed by atoms with Gasteiger partial charge in [0.05, 0.1) is 0 Å². The average molecular weight is 207 g/mol. The highest BCUT2D eigenvalue weighted by atomic mass is 15.1. The van der Waals surface area contributed by atoms with Gasteiger partial charge in [-0.25, -0.2) is 0 Å². The highest BCUT2D eigenvalue weighted by molar-refractivity contribution is 5.11. The summed E-state index contributed by atoms with van der Waals surface area (Å²) in [5, 5.41) is 0. The summed E-state index contributed by atoms with van der Waals surface area (Å²) in [4.78, 5) is 6.31. The normalized spacial score (nSPS) is 15.3. The Kier molecular flexibility index (Phi) is 4.24. The Morgan fingerprint density at radius 1 is 1.47 bits per heavy atom. The van der Waals surface area contributed by atoms with E-state index in [4.69, 9.17) is 5.73 Å². The zero-order valence-electron chi connectivity index (χ0n) is 9.90. The van der Waals surface area contributed by atoms with E-state index in [1.54, 1.807) is 6.20 Å². The van der Waals surface area contributed by atoms with Crippen LogP contribution in [-0.2, 0) is 6.42 Å². The lowest BCUT2D eigenvalue weighted by Gasteiger charge is -2.31. The molecule has 84 valence electrons. The molecule has 3 nitrogen and oxygen atoms in total. The maximum Gasteiger partial charge on any atom is 0.0300 e. The van der Waals surface area contributed by atoms with Crippen molar-refractivity contribution in [1.29, 1.82) is 0 Å². The maximum atomic E-state index is 5.86. The smallest absolute Gasteiger partial charge is 0.0300 e. The van der Waals surface area contributed by atoms with Crippen molar-refractivity contribution in [1.82, 2.24) is 9.88 Å². The lowest BCUT2D eigenvalue weighted by Crippen LogP contribution is -2.39. The number of rotatable bonds is 5. The van der Waals surface area contributed by atoms with Crippen LogP contribution in [0.2, 0.25) is 0 Å². The minimum Gasteiger partial charge on any atom is -0.330 e. The quantitative estimate of drug-likeness (QED) is 0.787. The molecule has 0 saturated carbocycles. The van der Waals surface area contributed by atoms with Crippen LogP contribution in [0.25, 0.3) is 0 Å². The summed E-state index contributed by atoms with van der Waals surface area (Å²) < 4.78 is 0. The lowest BCUT2D eigenvalue weighted by atomic mass is 9.83. The van der Waals surface area contributed by atoms with E-state index in [-0.39, 0.29) is 5.41 Å². The van der Waals surface area contributed by atoms with Crippen molar-refractivity contribution in [2.45, 2.75) is 13.3 Å². The molecule has 1 aromatic rings. The standard InChI is InChI=1S/C12H21N3/c1-12(9-13,10-15(2)3)7-11-5-4-6-14-8-11/h4-6,8H,7,9-10,13H2,1-3H3. The van der Waals surface area contributed by atoms with Gasteiger partial charge in [0.1, 0.15) is 0 Å². The van der Waals surface area contributed by atoms with Crippen molar-refractivity contribution in [3.63, 3.8) is 0 Å². The van der Waals surface area contributed by atoms with Crippen LogP contribution >= 0.6 is 0 Å². The molecular formula is C12H21N3. The molecule has 0 saturated heterocycles. The van der Waals surface area contributed by atoms with Crippen LogP contribution in [0, 0.1) is 5.41 Å². The van der Waals surface area contributed by atoms with Gasteiger partial charge in [-0.3, -0.25) is 4.98 Å². The van der Waals surface area contributed by atoms with Crippen molar-refractivity contribution >= 4 is 0 Å². The molecule has 0 aliphatic heterocycles. The second-order valence-electron chi connectivity index (χ2n) is 4.79. The summed E-state index contributed by atoms with van der Waals surface area (Å²) in [5.41, 5.74) is 7.24. The van der Waals surface area contributed by atoms with E-state index in [1.165, 1.54) is 5.56 Å². The van der Waals surface area contributed by atoms with E-state index in [0.717, 1.165) is 13.0 Å². The third kappa shape index (κ3) is 3.98. The number of aromatic nitrogens is 1. The minimum absolute atomic E-state index is 0.131. The van der Waals surface area contributed by atoms with Crippen LogP contribution < -0.4 is 5.73 Å². The molecule has 0 radical (unpaired) electrons. The van der Waals surface area contributed by atoms with Crippen LogP contribution in [0.5, 0.6) is 0 Å². The molecule has 0 aliphatic rings. The third-order valence-electron chi connectivity index (χ3n) is 2.54. The predicted molar refractivity (Wildman–Crippen MR) is 63.7 cm³/mol. The number of hydrogen-bond acceptors (Lipinski definition) is 3. The molecule has 0 aliphatic carbocycles. The summed E-state index contributed by atoms with van der Waals surface area (Å²) in [7, 11) is 4.16. The predicted octanol–water partition coefficient (Wildman–Crippen LogP) is 1.15. The van der Waals surface area contributed by atoms with Gasteiger partial charge in [-0.1, -0.05) is 13.0 Å². The van der Waals surface area contributed by atoms with E-state index in [0.29, 0.717) is 6.54 Å². The van der Waals surface area contributed by atoms with E-state index >= 15 is 0 Å². The molecule has 1 atom stereocenters. The summed E-state index contributed by atoms with van der Waals surface area (Å²) in [6.07, 6.45) is 4.70. The number of hydrogen-bond donors (Lipinski definition) is 1. The molecule has 15 heavy (non-hydrogen) atoms. The first-order chi connectivity index (χ1) is 7.06. The van der Waals surface area contributed by atoms with Crippen molar-refractivity contribution in [2.24, 2.45) is 11.1 Å². The van der Waals surface area contributed by atoms with Crippen LogP contribution in [0.15, 0.2) is 24.5 Å². The largest absolute Gasteiger partial charge is 0.330 e. The second kappa shape index (κ2) is 5.24. The van der Waals surface area contributed by atoms with E-state index < -0.39 is 0 Å². The molecule has 1 unspecified atom stereocenters. The summed E-state index contributed by atoms with van der Waals surface area (Å²) in [5.74, 6) is 0. The monoisotopic (exact) mass is 207 g/mol. The van der Waals surface area contributed by atoms with E-state index in [2.05, 4.69) is 37.0 Å². The van der Waals surface area contributed by atoms with Crippen LogP contribution in [0.4, 0.5) is 0 Å². The Labute approximate surface area is 92.3 Å². The van der Waals surface area contributed by atoms with Crippen molar-refractivity contribution in [2.75, 3.05) is 27.2 Å². The van der Waals surface area contributed by atoms with Gasteiger partial charge in [0.2, 0.25) is 0 Å². The fourth-order valence-electron chi connectivity index (χ4n) is 1.95. The second-order valence-corrected chi connectivity index (χ2v) is 4.79. The maximum absolute atomic E-state index is 5.86. The summed E-state index contributed by atoms with van der Waals surface area (Å²) in [6.45, 7) is 3.92. The number of pyridine rings is 1. The van der Waals surface area contributed by atoms with Crippen LogP contribution in [0.1, 0.15) is 12.5 Å². The van der Waals surface area contributed by atoms with Gasteiger partial charge in [0.15, 0.2) is 0 Å². The van der Waals surface area contributed by atoms with Crippen molar-refractivity contribution < 1.29 is 0 Å². The van der Waals surface area contributed by atoms with Crippen LogP contribution in [-0.4, -0.2) is 37.1 Å². The van der Waals surface area contributed by atoms with Crippen molar-refractivity contribution in [3.05, 3.63) is 30.1 Å². The molecule has 0 aromatic carbocycles. The molecule has 0 bridgehead atoms. The molecule has 1 rings (SSSR count). The molecule has 0 fully saturated rings. The molecule has 1 heterocycles. The van der Waals surface area contributed by atoms with E-state index in [1.807, 2.05) is 12.3 Å². The number of nitrogens with two attached hydrogens (primary N) is 1. The Morgan fingerprint density at radius 2 is 2.20 bits per heavy atom. The molecular weight excluding hydrogens is 186 g/mol. The highest BCUT2D eigenvalue weighted by Gasteiger charge is 2.23. The van der Waals surface area contributed by atoms with Gasteiger partial charge in [-0.05, 0) is 44.1 Å². The molecule has 1 aromatic heterocycles. The highest BCUT2D eigenvalue weighted by Crippen LogP contribution is 2.21. The van der Waals surface area contributed by atoms with Gasteiger partial charge in [0, 0.05) is 18.9 Å². The minimum atomic E-state index is 0.131. The molecule has 0 spiro atoms. The Hall–Kier alpha value is -0.930. The fraction of sp³-hybridized carbons (Fsp3) is 0.583. The average Bonchev–Trinajstić information content (AvgIpc) is 2.18. The first kappa shape index (κ1) is 12.1. The first-order valence-corrected chi connectivity index (χ1v) is 5.29. The van der Waals surface area contributed by atoms with Gasteiger partial charge < -0.3 is 10.6 Å². The third-order valence-corrected chi connectivity index (χ3v) is 2.54. The fourth-order valence-corrected chi connectivity index (χ4v) is 1.95. The van der Waals surface area contributed by atoms with E-state index in [9.17, 15) is 0 Å². The van der Waals surface area contributed by atoms with Gasteiger partial charge >= 0.3 is 0 Å². The molecule has 3 heteroatoms. The molecule has 2 N–H and O–H groups in total. The summed E-state index contributed by atoms with van der Waals surface area (Å²) in [6, 6.07) is 4.08.